The molecule has 21 heavy (non-hydrogen) atoms. The molecule has 1 aromatic carbocycles. The minimum absolute atomic E-state index is 0.656. The van der Waals surface area contributed by atoms with Gasteiger partial charge in [0.1, 0.15) is 5.75 Å². The average molecular weight is 349 g/mol. The van der Waals surface area contributed by atoms with Crippen molar-refractivity contribution in [1.29, 1.82) is 0 Å². The zero-order valence-corrected chi connectivity index (χ0v) is 14.3. The fraction of sp³-hybridized carbons (Fsp3) is 0.353. The maximum Gasteiger partial charge on any atom is 0.219 e. The molecule has 3 nitrogen and oxygen atoms in total. The van der Waals surface area contributed by atoms with E-state index in [2.05, 4.69) is 46.1 Å². The van der Waals surface area contributed by atoms with Gasteiger partial charge in [-0.05, 0) is 55.3 Å². The molecule has 0 fully saturated rings. The van der Waals surface area contributed by atoms with Crippen LogP contribution in [-0.2, 0) is 13.0 Å². The van der Waals surface area contributed by atoms with Crippen LogP contribution >= 0.6 is 15.9 Å². The van der Waals surface area contributed by atoms with Crippen LogP contribution in [0.15, 0.2) is 34.8 Å². The summed E-state index contributed by atoms with van der Waals surface area (Å²) < 4.78 is 7.00. The molecule has 0 saturated carbocycles. The molecule has 1 aromatic heterocycles. The summed E-state index contributed by atoms with van der Waals surface area (Å²) in [6.07, 6.45) is 0.899. The van der Waals surface area contributed by atoms with E-state index in [-0.39, 0.29) is 0 Å². The molecule has 0 saturated heterocycles. The SMILES string of the molecule is CCNCc1cc(CC)nc(Oc2ccc(Br)c(C)c2)c1. The van der Waals surface area contributed by atoms with E-state index < -0.39 is 0 Å². The standard InChI is InChI=1S/C17H21BrN2O/c1-4-14-9-13(11-19-5-2)10-17(20-14)21-15-6-7-16(18)12(3)8-15/h6-10,19H,4-5,11H2,1-3H3. The number of hydrogen-bond donors (Lipinski definition) is 1. The van der Waals surface area contributed by atoms with Crippen LogP contribution in [-0.4, -0.2) is 11.5 Å². The lowest BCUT2D eigenvalue weighted by molar-refractivity contribution is 0.459. The second kappa shape index (κ2) is 7.57. The van der Waals surface area contributed by atoms with Crippen molar-refractivity contribution < 1.29 is 4.74 Å². The Morgan fingerprint density at radius 2 is 2.00 bits per heavy atom. The summed E-state index contributed by atoms with van der Waals surface area (Å²) in [5.74, 6) is 1.47. The molecule has 0 aliphatic rings. The molecular formula is C17H21BrN2O. The molecule has 0 atom stereocenters. The van der Waals surface area contributed by atoms with E-state index in [0.29, 0.717) is 5.88 Å². The minimum atomic E-state index is 0.656. The van der Waals surface area contributed by atoms with Gasteiger partial charge in [-0.25, -0.2) is 4.98 Å². The summed E-state index contributed by atoms with van der Waals surface area (Å²) in [6, 6.07) is 10.1. The third-order valence-electron chi connectivity index (χ3n) is 3.21. The minimum Gasteiger partial charge on any atom is -0.439 e. The van der Waals surface area contributed by atoms with Gasteiger partial charge in [0, 0.05) is 22.8 Å². The molecule has 0 unspecified atom stereocenters. The summed E-state index contributed by atoms with van der Waals surface area (Å²) in [7, 11) is 0. The van der Waals surface area contributed by atoms with Crippen molar-refractivity contribution in [1.82, 2.24) is 10.3 Å². The highest BCUT2D eigenvalue weighted by Gasteiger charge is 2.05. The van der Waals surface area contributed by atoms with Crippen molar-refractivity contribution >= 4 is 15.9 Å². The molecule has 0 radical (unpaired) electrons. The first-order valence-corrected chi connectivity index (χ1v) is 8.06. The van der Waals surface area contributed by atoms with Gasteiger partial charge in [0.15, 0.2) is 0 Å². The Hall–Kier alpha value is -1.39. The molecule has 4 heteroatoms. The Morgan fingerprint density at radius 3 is 2.67 bits per heavy atom. The number of aromatic nitrogens is 1. The van der Waals surface area contributed by atoms with Crippen LogP contribution in [0, 0.1) is 6.92 Å². The van der Waals surface area contributed by atoms with Crippen molar-refractivity contribution in [3.05, 3.63) is 51.6 Å². The van der Waals surface area contributed by atoms with Crippen LogP contribution in [0.5, 0.6) is 11.6 Å². The fourth-order valence-electron chi connectivity index (χ4n) is 2.03. The van der Waals surface area contributed by atoms with Gasteiger partial charge in [-0.1, -0.05) is 29.8 Å². The molecule has 1 N–H and O–H groups in total. The molecular weight excluding hydrogens is 328 g/mol. The highest BCUT2D eigenvalue weighted by Crippen LogP contribution is 2.26. The quantitative estimate of drug-likeness (QED) is 0.827. The van der Waals surface area contributed by atoms with Gasteiger partial charge in [-0.15, -0.1) is 0 Å². The van der Waals surface area contributed by atoms with Gasteiger partial charge in [-0.3, -0.25) is 0 Å². The van der Waals surface area contributed by atoms with E-state index in [9.17, 15) is 0 Å². The van der Waals surface area contributed by atoms with Crippen molar-refractivity contribution in [2.45, 2.75) is 33.7 Å². The van der Waals surface area contributed by atoms with E-state index >= 15 is 0 Å². The average Bonchev–Trinajstić information content (AvgIpc) is 2.48. The van der Waals surface area contributed by atoms with Crippen molar-refractivity contribution in [2.75, 3.05) is 6.54 Å². The van der Waals surface area contributed by atoms with Crippen molar-refractivity contribution in [3.63, 3.8) is 0 Å². The van der Waals surface area contributed by atoms with Crippen LogP contribution < -0.4 is 10.1 Å². The second-order valence-electron chi connectivity index (χ2n) is 4.95. The molecule has 112 valence electrons. The number of aryl methyl sites for hydroxylation is 2. The first-order chi connectivity index (χ1) is 10.1. The van der Waals surface area contributed by atoms with Crippen molar-refractivity contribution in [2.24, 2.45) is 0 Å². The van der Waals surface area contributed by atoms with E-state index in [4.69, 9.17) is 4.74 Å². The number of nitrogens with one attached hydrogen (secondary N) is 1. The highest BCUT2D eigenvalue weighted by molar-refractivity contribution is 9.10. The number of ether oxygens (including phenoxy) is 1. The predicted octanol–water partition coefficient (Wildman–Crippen LogP) is 4.62. The van der Waals surface area contributed by atoms with Gasteiger partial charge in [-0.2, -0.15) is 0 Å². The number of pyridine rings is 1. The largest absolute Gasteiger partial charge is 0.439 e. The number of benzene rings is 1. The lowest BCUT2D eigenvalue weighted by atomic mass is 10.2. The molecule has 0 aliphatic heterocycles. The third kappa shape index (κ3) is 4.55. The van der Waals surface area contributed by atoms with Crippen LogP contribution in [0.2, 0.25) is 0 Å². The zero-order valence-electron chi connectivity index (χ0n) is 12.7. The molecule has 0 bridgehead atoms. The monoisotopic (exact) mass is 348 g/mol. The van der Waals surface area contributed by atoms with Gasteiger partial charge in [0.2, 0.25) is 5.88 Å². The molecule has 0 amide bonds. The van der Waals surface area contributed by atoms with Crippen LogP contribution in [0.4, 0.5) is 0 Å². The van der Waals surface area contributed by atoms with E-state index in [0.717, 1.165) is 41.0 Å². The summed E-state index contributed by atoms with van der Waals surface area (Å²) >= 11 is 3.50. The van der Waals surface area contributed by atoms with Gasteiger partial charge >= 0.3 is 0 Å². The summed E-state index contributed by atoms with van der Waals surface area (Å²) in [5.41, 5.74) is 3.40. The van der Waals surface area contributed by atoms with E-state index in [1.54, 1.807) is 0 Å². The molecule has 0 aliphatic carbocycles. The smallest absolute Gasteiger partial charge is 0.219 e. The Morgan fingerprint density at radius 1 is 1.19 bits per heavy atom. The fourth-order valence-corrected chi connectivity index (χ4v) is 2.27. The first kappa shape index (κ1) is 16.0. The van der Waals surface area contributed by atoms with Crippen molar-refractivity contribution in [3.8, 4) is 11.6 Å². The Bertz CT molecular complexity index is 614. The number of halogens is 1. The Labute approximate surface area is 134 Å². The summed E-state index contributed by atoms with van der Waals surface area (Å²) in [6.45, 7) is 8.04. The Balaban J connectivity index is 2.23. The van der Waals surface area contributed by atoms with Gasteiger partial charge < -0.3 is 10.1 Å². The molecule has 0 spiro atoms. The topological polar surface area (TPSA) is 34.2 Å². The Kier molecular flexibility index (Phi) is 5.76. The molecule has 2 rings (SSSR count). The normalized spacial score (nSPS) is 10.7. The second-order valence-corrected chi connectivity index (χ2v) is 5.81. The maximum atomic E-state index is 5.92. The van der Waals surface area contributed by atoms with Crippen LogP contribution in [0.1, 0.15) is 30.7 Å². The predicted molar refractivity (Wildman–Crippen MR) is 89.9 cm³/mol. The van der Waals surface area contributed by atoms with Crippen LogP contribution in [0.3, 0.4) is 0 Å². The van der Waals surface area contributed by atoms with E-state index in [1.165, 1.54) is 5.56 Å². The number of nitrogens with zero attached hydrogens (tertiary/aromatic N) is 1. The summed E-state index contributed by atoms with van der Waals surface area (Å²) in [4.78, 5) is 4.55. The third-order valence-corrected chi connectivity index (χ3v) is 4.10. The number of rotatable bonds is 6. The van der Waals surface area contributed by atoms with Gasteiger partial charge in [0.25, 0.3) is 0 Å². The summed E-state index contributed by atoms with van der Waals surface area (Å²) in [5, 5.41) is 3.33. The lowest BCUT2D eigenvalue weighted by Gasteiger charge is -2.10. The van der Waals surface area contributed by atoms with Crippen LogP contribution in [0.25, 0.3) is 0 Å². The van der Waals surface area contributed by atoms with E-state index in [1.807, 2.05) is 31.2 Å². The maximum absolute atomic E-state index is 5.92. The lowest BCUT2D eigenvalue weighted by Crippen LogP contribution is -2.12. The first-order valence-electron chi connectivity index (χ1n) is 7.27. The highest BCUT2D eigenvalue weighted by atomic mass is 79.9. The molecule has 1 heterocycles. The zero-order chi connectivity index (χ0) is 15.2. The molecule has 2 aromatic rings. The van der Waals surface area contributed by atoms with Gasteiger partial charge in [0.05, 0.1) is 0 Å². The number of hydrogen-bond acceptors (Lipinski definition) is 3.